The number of benzene rings is 2. The Labute approximate surface area is 131 Å². The van der Waals surface area contributed by atoms with Gasteiger partial charge in [0.25, 0.3) is 0 Å². The minimum Gasteiger partial charge on any atom is -0.507 e. The van der Waals surface area contributed by atoms with Crippen molar-refractivity contribution in [2.24, 2.45) is 10.3 Å². The maximum absolute atomic E-state index is 9.04. The number of hydrogen-bond donors (Lipinski definition) is 4. The fraction of sp³-hybridized carbons (Fsp3) is 0. The van der Waals surface area contributed by atoms with E-state index in [0.29, 0.717) is 11.1 Å². The van der Waals surface area contributed by atoms with Crippen LogP contribution in [0.2, 0.25) is 0 Å². The predicted octanol–water partition coefficient (Wildman–Crippen LogP) is 2.40. The fourth-order valence-electron chi connectivity index (χ4n) is 1.32. The Balaban J connectivity index is 0.000000364. The molecular weight excluding hydrogens is 319 g/mol. The summed E-state index contributed by atoms with van der Waals surface area (Å²) in [5.41, 5.74) is 1.01. The van der Waals surface area contributed by atoms with Gasteiger partial charge in [0.05, 0.1) is 12.4 Å². The van der Waals surface area contributed by atoms with Gasteiger partial charge in [0.2, 0.25) is 0 Å². The van der Waals surface area contributed by atoms with Crippen LogP contribution in [0.5, 0.6) is 11.5 Å². The van der Waals surface area contributed by atoms with E-state index in [1.54, 1.807) is 36.4 Å². The molecule has 2 rings (SSSR count). The van der Waals surface area contributed by atoms with E-state index >= 15 is 0 Å². The monoisotopic (exact) mass is 333 g/mol. The first kappa shape index (κ1) is 18.5. The van der Waals surface area contributed by atoms with Crippen LogP contribution in [-0.4, -0.2) is 33.1 Å². The van der Waals surface area contributed by atoms with Crippen LogP contribution in [0.1, 0.15) is 11.1 Å². The number of phenols is 2. The summed E-state index contributed by atoms with van der Waals surface area (Å²) < 4.78 is 0. The van der Waals surface area contributed by atoms with Crippen LogP contribution >= 0.6 is 0 Å². The first-order valence-corrected chi connectivity index (χ1v) is 5.60. The quantitative estimate of drug-likeness (QED) is 0.385. The number of aromatic hydroxyl groups is 2. The predicted molar refractivity (Wildman–Crippen MR) is 75.0 cm³/mol. The van der Waals surface area contributed by atoms with E-state index in [9.17, 15) is 0 Å². The van der Waals surface area contributed by atoms with Crippen LogP contribution in [0.4, 0.5) is 0 Å². The third-order valence-corrected chi connectivity index (χ3v) is 2.27. The van der Waals surface area contributed by atoms with Gasteiger partial charge in [-0.05, 0) is 24.3 Å². The number of oxime groups is 2. The summed E-state index contributed by atoms with van der Waals surface area (Å²) in [4.78, 5) is 0. The molecule has 21 heavy (non-hydrogen) atoms. The molecule has 6 nitrogen and oxygen atoms in total. The molecular formula is C14H14CoN2O4. The van der Waals surface area contributed by atoms with Gasteiger partial charge in [-0.25, -0.2) is 0 Å². The molecule has 0 aliphatic rings. The van der Waals surface area contributed by atoms with Gasteiger partial charge >= 0.3 is 0 Å². The van der Waals surface area contributed by atoms with Crippen molar-refractivity contribution in [2.75, 3.05) is 0 Å². The summed E-state index contributed by atoms with van der Waals surface area (Å²) in [7, 11) is 0. The maximum atomic E-state index is 9.04. The molecule has 0 saturated heterocycles. The molecule has 0 atom stereocenters. The fourth-order valence-corrected chi connectivity index (χ4v) is 1.32. The van der Waals surface area contributed by atoms with E-state index in [1.165, 1.54) is 24.6 Å². The van der Waals surface area contributed by atoms with E-state index in [2.05, 4.69) is 10.3 Å². The van der Waals surface area contributed by atoms with Crippen molar-refractivity contribution < 1.29 is 37.4 Å². The van der Waals surface area contributed by atoms with E-state index in [0.717, 1.165) is 0 Å². The molecule has 7 heteroatoms. The average molecular weight is 333 g/mol. The Hall–Kier alpha value is -2.51. The Morgan fingerprint density at radius 3 is 1.29 bits per heavy atom. The van der Waals surface area contributed by atoms with Crippen molar-refractivity contribution in [3.05, 3.63) is 59.7 Å². The molecule has 0 amide bonds. The minimum atomic E-state index is 0. The van der Waals surface area contributed by atoms with Gasteiger partial charge in [-0.2, -0.15) is 0 Å². The molecule has 0 heterocycles. The molecule has 0 unspecified atom stereocenters. The second-order valence-corrected chi connectivity index (χ2v) is 3.61. The molecule has 0 fully saturated rings. The molecule has 4 N–H and O–H groups in total. The van der Waals surface area contributed by atoms with Gasteiger partial charge in [-0.1, -0.05) is 34.6 Å². The molecule has 113 valence electrons. The molecule has 0 spiro atoms. The van der Waals surface area contributed by atoms with Gasteiger partial charge in [0.15, 0.2) is 0 Å². The number of hydrogen-bond acceptors (Lipinski definition) is 6. The van der Waals surface area contributed by atoms with Crippen LogP contribution in [0.15, 0.2) is 58.8 Å². The zero-order valence-electron chi connectivity index (χ0n) is 10.8. The molecule has 2 aromatic rings. The maximum Gasteiger partial charge on any atom is 0.124 e. The third kappa shape index (κ3) is 6.46. The zero-order chi connectivity index (χ0) is 14.8. The number of para-hydroxylation sites is 2. The van der Waals surface area contributed by atoms with E-state index in [4.69, 9.17) is 20.6 Å². The first-order valence-electron chi connectivity index (χ1n) is 5.60. The molecule has 2 aromatic carbocycles. The standard InChI is InChI=1S/2C7H7NO2.Co/c2*9-7-4-2-1-3-6(7)5-8-10;/h2*1-5,9-10H;. The van der Waals surface area contributed by atoms with Crippen molar-refractivity contribution in [2.45, 2.75) is 0 Å². The van der Waals surface area contributed by atoms with Crippen LogP contribution in [0.25, 0.3) is 0 Å². The SMILES string of the molecule is ON=Cc1ccccc1O.ON=Cc1ccccc1O.[Co]. The second-order valence-electron chi connectivity index (χ2n) is 3.61. The van der Waals surface area contributed by atoms with Crippen molar-refractivity contribution in [3.8, 4) is 11.5 Å². The van der Waals surface area contributed by atoms with Gasteiger partial charge in [-0.15, -0.1) is 0 Å². The largest absolute Gasteiger partial charge is 0.507 e. The Bertz CT molecular complexity index is 550. The summed E-state index contributed by atoms with van der Waals surface area (Å²) in [6.07, 6.45) is 2.35. The Morgan fingerprint density at radius 1 is 0.667 bits per heavy atom. The second kappa shape index (κ2) is 10.3. The zero-order valence-corrected chi connectivity index (χ0v) is 11.8. The number of phenolic OH excluding ortho intramolecular Hbond substituents is 2. The van der Waals surface area contributed by atoms with Gasteiger partial charge in [-0.3, -0.25) is 0 Å². The summed E-state index contributed by atoms with van der Waals surface area (Å²) in [6, 6.07) is 13.2. The van der Waals surface area contributed by atoms with Crippen molar-refractivity contribution in [3.63, 3.8) is 0 Å². The van der Waals surface area contributed by atoms with E-state index < -0.39 is 0 Å². The van der Waals surface area contributed by atoms with Crippen LogP contribution in [0, 0.1) is 0 Å². The molecule has 0 aliphatic heterocycles. The molecule has 1 radical (unpaired) electrons. The third-order valence-electron chi connectivity index (χ3n) is 2.27. The van der Waals surface area contributed by atoms with Crippen LogP contribution in [0.3, 0.4) is 0 Å². The summed E-state index contributed by atoms with van der Waals surface area (Å²) in [6.45, 7) is 0. The number of rotatable bonds is 2. The summed E-state index contributed by atoms with van der Waals surface area (Å²) >= 11 is 0. The van der Waals surface area contributed by atoms with Gasteiger partial charge in [0, 0.05) is 27.9 Å². The smallest absolute Gasteiger partial charge is 0.124 e. The normalized spacial score (nSPS) is 9.90. The van der Waals surface area contributed by atoms with E-state index in [-0.39, 0.29) is 28.3 Å². The molecule has 0 bridgehead atoms. The first-order chi connectivity index (χ1) is 9.69. The van der Waals surface area contributed by atoms with Gasteiger partial charge in [0.1, 0.15) is 11.5 Å². The van der Waals surface area contributed by atoms with Crippen LogP contribution < -0.4 is 0 Å². The Kier molecular flexibility index (Phi) is 9.06. The number of nitrogens with zero attached hydrogens (tertiary/aromatic N) is 2. The van der Waals surface area contributed by atoms with Gasteiger partial charge < -0.3 is 20.6 Å². The van der Waals surface area contributed by atoms with Crippen molar-refractivity contribution in [1.82, 2.24) is 0 Å². The summed E-state index contributed by atoms with van der Waals surface area (Å²) in [5.74, 6) is 0.223. The molecule has 0 saturated carbocycles. The summed E-state index contributed by atoms with van der Waals surface area (Å²) in [5, 5.41) is 39.8. The van der Waals surface area contributed by atoms with Crippen molar-refractivity contribution in [1.29, 1.82) is 0 Å². The van der Waals surface area contributed by atoms with Crippen LogP contribution in [-0.2, 0) is 16.8 Å². The average Bonchev–Trinajstić information content (AvgIpc) is 2.45. The topological polar surface area (TPSA) is 106 Å². The molecule has 0 aromatic heterocycles. The van der Waals surface area contributed by atoms with Crippen molar-refractivity contribution >= 4 is 12.4 Å². The minimum absolute atomic E-state index is 0. The Morgan fingerprint density at radius 2 is 1.00 bits per heavy atom. The molecule has 0 aliphatic carbocycles. The van der Waals surface area contributed by atoms with E-state index in [1.807, 2.05) is 0 Å².